The van der Waals surface area contributed by atoms with Gasteiger partial charge >= 0.3 is 0 Å². The van der Waals surface area contributed by atoms with E-state index in [9.17, 15) is 0 Å². The van der Waals surface area contributed by atoms with Crippen molar-refractivity contribution in [3.63, 3.8) is 0 Å². The molecule has 2 aromatic heterocycles. The first kappa shape index (κ1) is 12.3. The lowest BCUT2D eigenvalue weighted by molar-refractivity contribution is 1.07. The molecule has 4 nitrogen and oxygen atoms in total. The zero-order valence-electron chi connectivity index (χ0n) is 11.2. The van der Waals surface area contributed by atoms with E-state index in [-0.39, 0.29) is 0 Å². The standard InChI is InChI=1S/C16H12N4S/c1-2-4-15-14(3-1)20(11-21-15)16-10-18-9-13(19-16)12-5-7-17-8-6-12/h1-10H,11H2. The fraction of sp³-hybridized carbons (Fsp3) is 0.0625. The first-order chi connectivity index (χ1) is 10.4. The van der Waals surface area contributed by atoms with Gasteiger partial charge in [-0.3, -0.25) is 9.97 Å². The SMILES string of the molecule is c1ccc2c(c1)SCN2c1cncc(-c2ccncc2)n1. The molecule has 0 bridgehead atoms. The van der Waals surface area contributed by atoms with Gasteiger partial charge in [-0.15, -0.1) is 11.8 Å². The Hall–Kier alpha value is -2.40. The Labute approximate surface area is 126 Å². The Kier molecular flexibility index (Phi) is 3.05. The second-order valence-corrected chi connectivity index (χ2v) is 5.65. The monoisotopic (exact) mass is 292 g/mol. The maximum Gasteiger partial charge on any atom is 0.153 e. The Bertz CT molecular complexity index is 776. The summed E-state index contributed by atoms with van der Waals surface area (Å²) in [5.74, 6) is 1.75. The third kappa shape index (κ3) is 2.25. The molecule has 0 spiro atoms. The van der Waals surface area contributed by atoms with Crippen LogP contribution in [0.4, 0.5) is 11.5 Å². The molecule has 21 heavy (non-hydrogen) atoms. The van der Waals surface area contributed by atoms with Crippen molar-refractivity contribution in [3.8, 4) is 11.3 Å². The molecule has 1 aliphatic heterocycles. The van der Waals surface area contributed by atoms with Crippen LogP contribution in [0.25, 0.3) is 11.3 Å². The third-order valence-corrected chi connectivity index (χ3v) is 4.42. The van der Waals surface area contributed by atoms with Crippen molar-refractivity contribution in [2.45, 2.75) is 4.90 Å². The average Bonchev–Trinajstić information content (AvgIpc) is 3.00. The maximum absolute atomic E-state index is 4.75. The van der Waals surface area contributed by atoms with Crippen LogP contribution in [-0.4, -0.2) is 20.8 Å². The first-order valence-corrected chi connectivity index (χ1v) is 7.62. The number of aromatic nitrogens is 3. The van der Waals surface area contributed by atoms with E-state index in [4.69, 9.17) is 4.98 Å². The Morgan fingerprint density at radius 2 is 1.81 bits per heavy atom. The van der Waals surface area contributed by atoms with Crippen molar-refractivity contribution in [1.82, 2.24) is 15.0 Å². The Balaban J connectivity index is 1.75. The van der Waals surface area contributed by atoms with Crippen molar-refractivity contribution in [1.29, 1.82) is 0 Å². The second kappa shape index (κ2) is 5.18. The highest BCUT2D eigenvalue weighted by atomic mass is 32.2. The Morgan fingerprint density at radius 3 is 2.71 bits per heavy atom. The summed E-state index contributed by atoms with van der Waals surface area (Å²) in [5.41, 5.74) is 3.09. The van der Waals surface area contributed by atoms with E-state index in [0.29, 0.717) is 0 Å². The fourth-order valence-electron chi connectivity index (χ4n) is 2.34. The van der Waals surface area contributed by atoms with Crippen molar-refractivity contribution in [2.24, 2.45) is 0 Å². The van der Waals surface area contributed by atoms with Crippen molar-refractivity contribution in [2.75, 3.05) is 10.8 Å². The van der Waals surface area contributed by atoms with Crippen LogP contribution in [-0.2, 0) is 0 Å². The predicted octanol–water partition coefficient (Wildman–Crippen LogP) is 3.74. The summed E-state index contributed by atoms with van der Waals surface area (Å²) < 4.78 is 0. The third-order valence-electron chi connectivity index (χ3n) is 3.38. The molecule has 0 fully saturated rings. The van der Waals surface area contributed by atoms with E-state index in [1.807, 2.05) is 30.1 Å². The molecule has 0 amide bonds. The molecule has 0 saturated carbocycles. The molecule has 0 unspecified atom stereocenters. The fourth-order valence-corrected chi connectivity index (χ4v) is 3.38. The number of nitrogens with zero attached hydrogens (tertiary/aromatic N) is 4. The lowest BCUT2D eigenvalue weighted by Crippen LogP contribution is -2.13. The molecule has 0 radical (unpaired) electrons. The van der Waals surface area contributed by atoms with Gasteiger partial charge in [-0.25, -0.2) is 4.98 Å². The molecule has 4 rings (SSSR count). The zero-order chi connectivity index (χ0) is 14.1. The van der Waals surface area contributed by atoms with E-state index in [0.717, 1.165) is 23.0 Å². The van der Waals surface area contributed by atoms with Crippen LogP contribution in [0.5, 0.6) is 0 Å². The topological polar surface area (TPSA) is 41.9 Å². The van der Waals surface area contributed by atoms with Crippen LogP contribution in [0.3, 0.4) is 0 Å². The lowest BCUT2D eigenvalue weighted by atomic mass is 10.2. The van der Waals surface area contributed by atoms with Gasteiger partial charge in [-0.1, -0.05) is 12.1 Å². The molecule has 1 aliphatic rings. The summed E-state index contributed by atoms with van der Waals surface area (Å²) in [6.45, 7) is 0. The van der Waals surface area contributed by atoms with Gasteiger partial charge in [0.2, 0.25) is 0 Å². The van der Waals surface area contributed by atoms with Gasteiger partial charge in [0.15, 0.2) is 5.82 Å². The minimum absolute atomic E-state index is 0.865. The number of hydrogen-bond acceptors (Lipinski definition) is 5. The van der Waals surface area contributed by atoms with Gasteiger partial charge in [0.05, 0.1) is 29.7 Å². The average molecular weight is 292 g/mol. The normalized spacial score (nSPS) is 13.2. The highest BCUT2D eigenvalue weighted by Crippen LogP contribution is 2.41. The predicted molar refractivity (Wildman–Crippen MR) is 84.6 cm³/mol. The molecule has 0 saturated heterocycles. The highest BCUT2D eigenvalue weighted by Gasteiger charge is 2.21. The smallest absolute Gasteiger partial charge is 0.153 e. The second-order valence-electron chi connectivity index (χ2n) is 4.67. The largest absolute Gasteiger partial charge is 0.314 e. The van der Waals surface area contributed by atoms with Gasteiger partial charge in [0.25, 0.3) is 0 Å². The van der Waals surface area contributed by atoms with Gasteiger partial charge in [-0.05, 0) is 24.3 Å². The zero-order valence-corrected chi connectivity index (χ0v) is 12.0. The summed E-state index contributed by atoms with van der Waals surface area (Å²) in [7, 11) is 0. The van der Waals surface area contributed by atoms with Crippen LogP contribution in [0, 0.1) is 0 Å². The van der Waals surface area contributed by atoms with Crippen LogP contribution in [0.15, 0.2) is 66.1 Å². The molecule has 0 aliphatic carbocycles. The quantitative estimate of drug-likeness (QED) is 0.719. The number of rotatable bonds is 2. The van der Waals surface area contributed by atoms with Crippen LogP contribution >= 0.6 is 11.8 Å². The number of anilines is 2. The number of fused-ring (bicyclic) bond motifs is 1. The van der Waals surface area contributed by atoms with Crippen molar-refractivity contribution >= 4 is 23.3 Å². The van der Waals surface area contributed by atoms with E-state index in [1.54, 1.807) is 18.6 Å². The van der Waals surface area contributed by atoms with Crippen LogP contribution < -0.4 is 4.90 Å². The minimum Gasteiger partial charge on any atom is -0.314 e. The molecule has 3 aromatic rings. The molecule has 1 aromatic carbocycles. The highest BCUT2D eigenvalue weighted by molar-refractivity contribution is 7.99. The molecule has 5 heteroatoms. The molecule has 0 N–H and O–H groups in total. The van der Waals surface area contributed by atoms with E-state index in [2.05, 4.69) is 39.1 Å². The van der Waals surface area contributed by atoms with Gasteiger partial charge in [-0.2, -0.15) is 0 Å². The molecule has 0 atom stereocenters. The van der Waals surface area contributed by atoms with E-state index in [1.165, 1.54) is 10.6 Å². The Morgan fingerprint density at radius 1 is 0.952 bits per heavy atom. The summed E-state index contributed by atoms with van der Waals surface area (Å²) in [6.07, 6.45) is 7.14. The number of para-hydroxylation sites is 1. The lowest BCUT2D eigenvalue weighted by Gasteiger charge is -2.17. The maximum atomic E-state index is 4.75. The minimum atomic E-state index is 0.865. The number of benzene rings is 1. The van der Waals surface area contributed by atoms with Crippen LogP contribution in [0.1, 0.15) is 0 Å². The summed E-state index contributed by atoms with van der Waals surface area (Å²) >= 11 is 1.82. The molecular weight excluding hydrogens is 280 g/mol. The molecule has 3 heterocycles. The van der Waals surface area contributed by atoms with E-state index >= 15 is 0 Å². The van der Waals surface area contributed by atoms with Gasteiger partial charge in [0.1, 0.15) is 0 Å². The molecule has 102 valence electrons. The summed E-state index contributed by atoms with van der Waals surface area (Å²) in [5, 5.41) is 0. The van der Waals surface area contributed by atoms with Gasteiger partial charge < -0.3 is 4.90 Å². The summed E-state index contributed by atoms with van der Waals surface area (Å²) in [6, 6.07) is 12.3. The number of hydrogen-bond donors (Lipinski definition) is 0. The van der Waals surface area contributed by atoms with Crippen LogP contribution in [0.2, 0.25) is 0 Å². The first-order valence-electron chi connectivity index (χ1n) is 6.63. The van der Waals surface area contributed by atoms with Gasteiger partial charge in [0, 0.05) is 22.9 Å². The number of thioether (sulfide) groups is 1. The van der Waals surface area contributed by atoms with Crippen molar-refractivity contribution < 1.29 is 0 Å². The summed E-state index contributed by atoms with van der Waals surface area (Å²) in [4.78, 5) is 16.6. The molecular formula is C16H12N4S. The van der Waals surface area contributed by atoms with E-state index < -0.39 is 0 Å². The van der Waals surface area contributed by atoms with Crippen molar-refractivity contribution in [3.05, 3.63) is 61.2 Å². The number of pyridine rings is 1.